The molecule has 4 heteroatoms. The molecule has 0 radical (unpaired) electrons. The summed E-state index contributed by atoms with van der Waals surface area (Å²) in [6.07, 6.45) is 3.61. The molecule has 0 fully saturated rings. The molecule has 0 amide bonds. The topological polar surface area (TPSA) is 30.7 Å². The zero-order valence-electron chi connectivity index (χ0n) is 5.14. The third-order valence-corrected chi connectivity index (χ3v) is 1.71. The van der Waals surface area contributed by atoms with Crippen LogP contribution in [0.1, 0.15) is 0 Å². The molecule has 0 saturated carbocycles. The third kappa shape index (κ3) is 0.823. The molecule has 0 aliphatic heterocycles. The van der Waals surface area contributed by atoms with E-state index in [2.05, 4.69) is 9.47 Å². The number of hydrogen-bond acceptors (Lipinski definition) is 3. The van der Waals surface area contributed by atoms with Crippen molar-refractivity contribution < 1.29 is 0 Å². The van der Waals surface area contributed by atoms with Crippen LogP contribution in [0.15, 0.2) is 29.9 Å². The minimum Gasteiger partial charge on any atom is -0.222 e. The molecule has 3 nitrogen and oxygen atoms in total. The number of rotatable bonds is 1. The molecule has 0 saturated heterocycles. The summed E-state index contributed by atoms with van der Waals surface area (Å²) in [6, 6.07) is 3.80. The Kier molecular flexibility index (Phi) is 1.25. The van der Waals surface area contributed by atoms with Crippen LogP contribution in [-0.4, -0.2) is 14.2 Å². The van der Waals surface area contributed by atoms with E-state index in [0.29, 0.717) is 0 Å². The predicted molar refractivity (Wildman–Crippen MR) is 39.2 cm³/mol. The van der Waals surface area contributed by atoms with Crippen LogP contribution in [0.2, 0.25) is 0 Å². The first-order valence-electron chi connectivity index (χ1n) is 2.87. The van der Waals surface area contributed by atoms with Gasteiger partial charge in [-0.25, -0.2) is 4.68 Å². The normalized spacial score (nSPS) is 10.0. The van der Waals surface area contributed by atoms with Gasteiger partial charge in [0.1, 0.15) is 0 Å². The maximum Gasteiger partial charge on any atom is 0.166 e. The molecule has 10 heavy (non-hydrogen) atoms. The minimum atomic E-state index is 0.884. The lowest BCUT2D eigenvalue weighted by Gasteiger charge is -1.90. The molecular formula is C6H5N3S. The molecule has 2 rings (SSSR count). The molecule has 2 aromatic heterocycles. The summed E-state index contributed by atoms with van der Waals surface area (Å²) >= 11 is 1.43. The number of aromatic nitrogens is 3. The van der Waals surface area contributed by atoms with E-state index in [9.17, 15) is 0 Å². The molecule has 0 bridgehead atoms. The first-order chi connectivity index (χ1) is 4.97. The Balaban J connectivity index is 2.48. The van der Waals surface area contributed by atoms with Gasteiger partial charge in [-0.15, -0.1) is 0 Å². The molecule has 0 N–H and O–H groups in total. The van der Waals surface area contributed by atoms with Crippen LogP contribution >= 0.6 is 11.5 Å². The Bertz CT molecular complexity index is 252. The van der Waals surface area contributed by atoms with Crippen LogP contribution < -0.4 is 0 Å². The highest BCUT2D eigenvalue weighted by atomic mass is 32.1. The van der Waals surface area contributed by atoms with Crippen molar-refractivity contribution in [2.24, 2.45) is 0 Å². The number of nitrogens with zero attached hydrogens (tertiary/aromatic N) is 3. The van der Waals surface area contributed by atoms with Crippen molar-refractivity contribution in [1.82, 2.24) is 14.2 Å². The van der Waals surface area contributed by atoms with Crippen LogP contribution in [0.4, 0.5) is 0 Å². The van der Waals surface area contributed by atoms with Crippen LogP contribution in [0, 0.1) is 0 Å². The number of hydrogen-bond donors (Lipinski definition) is 0. The highest BCUT2D eigenvalue weighted by molar-refractivity contribution is 7.03. The fourth-order valence-corrected chi connectivity index (χ4v) is 1.22. The molecule has 0 aliphatic carbocycles. The smallest absolute Gasteiger partial charge is 0.166 e. The van der Waals surface area contributed by atoms with Gasteiger partial charge in [-0.3, -0.25) is 0 Å². The van der Waals surface area contributed by atoms with E-state index >= 15 is 0 Å². The Hall–Kier alpha value is -1.16. The lowest BCUT2D eigenvalue weighted by atomic mass is 10.6. The van der Waals surface area contributed by atoms with Crippen molar-refractivity contribution in [3.05, 3.63) is 29.9 Å². The molecule has 50 valence electrons. The van der Waals surface area contributed by atoms with Crippen molar-refractivity contribution in [3.63, 3.8) is 0 Å². The van der Waals surface area contributed by atoms with Gasteiger partial charge in [0.15, 0.2) is 5.82 Å². The maximum atomic E-state index is 4.10. The molecule has 0 atom stereocenters. The van der Waals surface area contributed by atoms with E-state index in [1.165, 1.54) is 11.5 Å². The van der Waals surface area contributed by atoms with E-state index < -0.39 is 0 Å². The lowest BCUT2D eigenvalue weighted by Crippen LogP contribution is -1.92. The first-order valence-corrected chi connectivity index (χ1v) is 3.71. The Morgan fingerprint density at radius 2 is 2.50 bits per heavy atom. The summed E-state index contributed by atoms with van der Waals surface area (Å²) in [5, 5.41) is 5.95. The van der Waals surface area contributed by atoms with Crippen LogP contribution in [0.3, 0.4) is 0 Å². The summed E-state index contributed by atoms with van der Waals surface area (Å²) in [7, 11) is 0. The summed E-state index contributed by atoms with van der Waals surface area (Å²) in [4.78, 5) is 0. The van der Waals surface area contributed by atoms with Gasteiger partial charge >= 0.3 is 0 Å². The largest absolute Gasteiger partial charge is 0.222 e. The fraction of sp³-hybridized carbons (Fsp3) is 0. The highest BCUT2D eigenvalue weighted by Gasteiger charge is 1.94. The van der Waals surface area contributed by atoms with Crippen molar-refractivity contribution in [2.45, 2.75) is 0 Å². The zero-order valence-corrected chi connectivity index (χ0v) is 5.95. The molecule has 2 heterocycles. The zero-order chi connectivity index (χ0) is 6.81. The van der Waals surface area contributed by atoms with Crippen LogP contribution in [0.5, 0.6) is 0 Å². The van der Waals surface area contributed by atoms with Crippen molar-refractivity contribution in [1.29, 1.82) is 0 Å². The second-order valence-electron chi connectivity index (χ2n) is 1.81. The van der Waals surface area contributed by atoms with E-state index in [0.717, 1.165) is 5.82 Å². The minimum absolute atomic E-state index is 0.884. The van der Waals surface area contributed by atoms with E-state index in [4.69, 9.17) is 0 Å². The highest BCUT2D eigenvalue weighted by Crippen LogP contribution is 2.03. The predicted octanol–water partition coefficient (Wildman–Crippen LogP) is 1.33. The van der Waals surface area contributed by atoms with Gasteiger partial charge in [0.2, 0.25) is 0 Å². The second kappa shape index (κ2) is 2.22. The Morgan fingerprint density at radius 3 is 3.10 bits per heavy atom. The van der Waals surface area contributed by atoms with Gasteiger partial charge in [0.25, 0.3) is 0 Å². The molecular weight excluding hydrogens is 146 g/mol. The molecule has 0 spiro atoms. The van der Waals surface area contributed by atoms with Crippen LogP contribution in [-0.2, 0) is 0 Å². The Labute approximate surface area is 62.1 Å². The van der Waals surface area contributed by atoms with E-state index in [1.54, 1.807) is 10.9 Å². The lowest BCUT2D eigenvalue weighted by molar-refractivity contribution is 0.861. The average Bonchev–Trinajstić information content (AvgIpc) is 2.59. The van der Waals surface area contributed by atoms with Gasteiger partial charge in [0.05, 0.1) is 0 Å². The summed E-state index contributed by atoms with van der Waals surface area (Å²) in [6.45, 7) is 0. The summed E-state index contributed by atoms with van der Waals surface area (Å²) in [5.41, 5.74) is 0. The SMILES string of the molecule is c1cnn(-c2ccsn2)c1. The molecule has 0 aromatic carbocycles. The van der Waals surface area contributed by atoms with Gasteiger partial charge < -0.3 is 0 Å². The van der Waals surface area contributed by atoms with Gasteiger partial charge in [-0.2, -0.15) is 9.47 Å². The summed E-state index contributed by atoms with van der Waals surface area (Å²) in [5.74, 6) is 0.884. The standard InChI is InChI=1S/C6H5N3S/c1-3-7-9(4-1)6-2-5-10-8-6/h1-5H. The quantitative estimate of drug-likeness (QED) is 0.615. The molecule has 0 aliphatic rings. The summed E-state index contributed by atoms with van der Waals surface area (Å²) < 4.78 is 5.83. The third-order valence-electron chi connectivity index (χ3n) is 1.16. The Morgan fingerprint density at radius 1 is 1.50 bits per heavy atom. The second-order valence-corrected chi connectivity index (χ2v) is 2.47. The van der Waals surface area contributed by atoms with Crippen molar-refractivity contribution in [2.75, 3.05) is 0 Å². The first kappa shape index (κ1) is 5.61. The molecule has 2 aromatic rings. The van der Waals surface area contributed by atoms with Gasteiger partial charge in [-0.05, 0) is 23.7 Å². The van der Waals surface area contributed by atoms with E-state index in [-0.39, 0.29) is 0 Å². The van der Waals surface area contributed by atoms with Crippen LogP contribution in [0.25, 0.3) is 5.82 Å². The fourth-order valence-electron chi connectivity index (χ4n) is 0.729. The maximum absolute atomic E-state index is 4.10. The van der Waals surface area contributed by atoms with Gasteiger partial charge in [-0.1, -0.05) is 0 Å². The van der Waals surface area contributed by atoms with E-state index in [1.807, 2.05) is 23.7 Å². The molecule has 0 unspecified atom stereocenters. The van der Waals surface area contributed by atoms with Crippen molar-refractivity contribution in [3.8, 4) is 5.82 Å². The van der Waals surface area contributed by atoms with Gasteiger partial charge in [0, 0.05) is 17.8 Å². The monoisotopic (exact) mass is 151 g/mol. The van der Waals surface area contributed by atoms with Crippen molar-refractivity contribution >= 4 is 11.5 Å². The average molecular weight is 151 g/mol.